The molecule has 1 aliphatic carbocycles. The number of hydrogen-bond donors (Lipinski definition) is 0. The minimum atomic E-state index is 0.0331. The van der Waals surface area contributed by atoms with E-state index in [0.29, 0.717) is 0 Å². The molecular formula is C34H38N2S. The molecule has 0 atom stereocenters. The molecule has 0 radical (unpaired) electrons. The molecule has 2 aromatic heterocycles. The highest BCUT2D eigenvalue weighted by atomic mass is 32.1. The molecule has 0 N–H and O–H groups in total. The van der Waals surface area contributed by atoms with Gasteiger partial charge in [0.25, 0.3) is 0 Å². The van der Waals surface area contributed by atoms with Crippen molar-refractivity contribution in [2.75, 3.05) is 0 Å². The zero-order valence-corrected chi connectivity index (χ0v) is 24.6. The third-order valence-electron chi connectivity index (χ3n) is 8.86. The van der Waals surface area contributed by atoms with Gasteiger partial charge in [-0.2, -0.15) is 0 Å². The maximum atomic E-state index is 4.92. The van der Waals surface area contributed by atoms with E-state index in [1.807, 2.05) is 11.3 Å². The van der Waals surface area contributed by atoms with Gasteiger partial charge in [0.2, 0.25) is 0 Å². The van der Waals surface area contributed by atoms with E-state index in [0.717, 1.165) is 11.2 Å². The number of nitrogens with zero attached hydrogens (tertiary/aromatic N) is 2. The second-order valence-corrected chi connectivity index (χ2v) is 14.5. The summed E-state index contributed by atoms with van der Waals surface area (Å²) in [6, 6.07) is 13.4. The molecule has 0 fully saturated rings. The zero-order valence-electron chi connectivity index (χ0n) is 23.8. The molecule has 0 saturated heterocycles. The maximum Gasteiger partial charge on any atom is 0.116 e. The molecular weight excluding hydrogens is 468 g/mol. The van der Waals surface area contributed by atoms with Crippen molar-refractivity contribution in [1.82, 2.24) is 9.97 Å². The minimum absolute atomic E-state index is 0.0331. The highest BCUT2D eigenvalue weighted by Crippen LogP contribution is 2.53. The molecule has 6 rings (SSSR count). The molecule has 5 aromatic rings. The number of benzene rings is 3. The Morgan fingerprint density at radius 3 is 2.14 bits per heavy atom. The smallest absolute Gasteiger partial charge is 0.116 e. The van der Waals surface area contributed by atoms with Crippen LogP contribution >= 0.6 is 11.3 Å². The fraction of sp³-hybridized carbons (Fsp3) is 0.412. The summed E-state index contributed by atoms with van der Waals surface area (Å²) in [5, 5.41) is 3.93. The second-order valence-electron chi connectivity index (χ2n) is 13.5. The molecule has 3 aromatic carbocycles. The minimum Gasteiger partial charge on any atom is -0.235 e. The Bertz CT molecular complexity index is 1730. The standard InChI is InChI=1S/C34H38N2S/c1-19-25-29-31(37-30(25)20(2)27-26(19)33(6,7)14-15-34(27,8)9)28(35-18-36-29)22-16-21-12-10-11-13-23(21)24(17-22)32(3,4)5/h10-13,16-18H,14-15H2,1-9H3. The van der Waals surface area contributed by atoms with E-state index in [-0.39, 0.29) is 16.2 Å². The van der Waals surface area contributed by atoms with Crippen LogP contribution in [0.3, 0.4) is 0 Å². The van der Waals surface area contributed by atoms with Crippen LogP contribution in [0, 0.1) is 13.8 Å². The van der Waals surface area contributed by atoms with Gasteiger partial charge < -0.3 is 0 Å². The lowest BCUT2D eigenvalue weighted by molar-refractivity contribution is 0.330. The average molecular weight is 507 g/mol. The molecule has 2 nitrogen and oxygen atoms in total. The number of thiophene rings is 1. The summed E-state index contributed by atoms with van der Waals surface area (Å²) in [5.41, 5.74) is 11.1. The summed E-state index contributed by atoms with van der Waals surface area (Å²) in [6.07, 6.45) is 4.22. The number of aromatic nitrogens is 2. The van der Waals surface area contributed by atoms with Crippen LogP contribution in [0.25, 0.3) is 42.3 Å². The van der Waals surface area contributed by atoms with Crippen molar-refractivity contribution in [2.24, 2.45) is 0 Å². The van der Waals surface area contributed by atoms with Crippen LogP contribution < -0.4 is 0 Å². The van der Waals surface area contributed by atoms with Crippen LogP contribution in [0.15, 0.2) is 42.7 Å². The van der Waals surface area contributed by atoms with Crippen molar-refractivity contribution in [3.8, 4) is 11.3 Å². The fourth-order valence-corrected chi connectivity index (χ4v) is 8.30. The SMILES string of the molecule is Cc1c2c(c(C)c3c1sc1c(-c4cc(C(C)(C)C)c5ccccc5c4)ncnc13)C(C)(C)CCC2(C)C. The monoisotopic (exact) mass is 506 g/mol. The van der Waals surface area contributed by atoms with Crippen LogP contribution in [0.4, 0.5) is 0 Å². The number of rotatable bonds is 1. The van der Waals surface area contributed by atoms with E-state index >= 15 is 0 Å². The molecule has 0 bridgehead atoms. The van der Waals surface area contributed by atoms with Gasteiger partial charge in [0, 0.05) is 15.6 Å². The van der Waals surface area contributed by atoms with Crippen molar-refractivity contribution in [3.05, 3.63) is 70.5 Å². The Kier molecular flexibility index (Phi) is 5.22. The van der Waals surface area contributed by atoms with Crippen LogP contribution in [0.2, 0.25) is 0 Å². The van der Waals surface area contributed by atoms with Gasteiger partial charge in [-0.1, -0.05) is 72.7 Å². The van der Waals surface area contributed by atoms with Gasteiger partial charge in [-0.05, 0) is 93.7 Å². The number of fused-ring (bicyclic) bond motifs is 5. The topological polar surface area (TPSA) is 25.8 Å². The Balaban J connectivity index is 1.72. The second kappa shape index (κ2) is 7.86. The summed E-state index contributed by atoms with van der Waals surface area (Å²) in [5.74, 6) is 0. The van der Waals surface area contributed by atoms with E-state index in [2.05, 4.69) is 98.7 Å². The van der Waals surface area contributed by atoms with Gasteiger partial charge in [0.05, 0.1) is 15.9 Å². The lowest BCUT2D eigenvalue weighted by Gasteiger charge is -2.44. The summed E-state index contributed by atoms with van der Waals surface area (Å²) < 4.78 is 2.59. The highest BCUT2D eigenvalue weighted by molar-refractivity contribution is 7.26. The Hall–Kier alpha value is -2.78. The number of aryl methyl sites for hydroxylation is 2. The average Bonchev–Trinajstić information content (AvgIpc) is 3.23. The van der Waals surface area contributed by atoms with Gasteiger partial charge in [0.15, 0.2) is 0 Å². The van der Waals surface area contributed by atoms with Gasteiger partial charge in [0.1, 0.15) is 6.33 Å². The largest absolute Gasteiger partial charge is 0.235 e. The van der Waals surface area contributed by atoms with Crippen LogP contribution in [-0.4, -0.2) is 9.97 Å². The number of hydrogen-bond acceptors (Lipinski definition) is 3. The molecule has 1 aliphatic rings. The molecule has 0 amide bonds. The summed E-state index contributed by atoms with van der Waals surface area (Å²) >= 11 is 1.89. The van der Waals surface area contributed by atoms with Gasteiger partial charge in [-0.15, -0.1) is 11.3 Å². The molecule has 0 unspecified atom stereocenters. The Morgan fingerprint density at radius 2 is 1.46 bits per heavy atom. The lowest BCUT2D eigenvalue weighted by Crippen LogP contribution is -2.35. The molecule has 0 saturated carbocycles. The molecule has 190 valence electrons. The molecule has 0 aliphatic heterocycles. The quantitative estimate of drug-likeness (QED) is 0.226. The van der Waals surface area contributed by atoms with Gasteiger partial charge >= 0.3 is 0 Å². The van der Waals surface area contributed by atoms with Crippen LogP contribution in [0.5, 0.6) is 0 Å². The van der Waals surface area contributed by atoms with Gasteiger partial charge in [-0.25, -0.2) is 9.97 Å². The normalized spacial score (nSPS) is 17.0. The van der Waals surface area contributed by atoms with Crippen molar-refractivity contribution >= 4 is 42.4 Å². The van der Waals surface area contributed by atoms with Crippen LogP contribution in [-0.2, 0) is 16.2 Å². The molecule has 3 heteroatoms. The maximum absolute atomic E-state index is 4.92. The van der Waals surface area contributed by atoms with Gasteiger partial charge in [-0.3, -0.25) is 0 Å². The third kappa shape index (κ3) is 3.57. The molecule has 2 heterocycles. The predicted molar refractivity (Wildman–Crippen MR) is 161 cm³/mol. The van der Waals surface area contributed by atoms with Crippen molar-refractivity contribution in [2.45, 2.75) is 91.4 Å². The van der Waals surface area contributed by atoms with E-state index in [1.165, 1.54) is 60.7 Å². The van der Waals surface area contributed by atoms with E-state index < -0.39 is 0 Å². The summed E-state index contributed by atoms with van der Waals surface area (Å²) in [6.45, 7) is 21.3. The summed E-state index contributed by atoms with van der Waals surface area (Å²) in [4.78, 5) is 9.84. The van der Waals surface area contributed by atoms with Crippen molar-refractivity contribution < 1.29 is 0 Å². The highest BCUT2D eigenvalue weighted by Gasteiger charge is 2.40. The predicted octanol–water partition coefficient (Wildman–Crippen LogP) is 9.93. The van der Waals surface area contributed by atoms with Crippen molar-refractivity contribution in [1.29, 1.82) is 0 Å². The third-order valence-corrected chi connectivity index (χ3v) is 10.2. The van der Waals surface area contributed by atoms with Crippen molar-refractivity contribution in [3.63, 3.8) is 0 Å². The van der Waals surface area contributed by atoms with E-state index in [1.54, 1.807) is 17.5 Å². The first kappa shape index (κ1) is 24.6. The fourth-order valence-electron chi connectivity index (χ4n) is 6.98. The first-order valence-corrected chi connectivity index (χ1v) is 14.4. The first-order valence-electron chi connectivity index (χ1n) is 13.6. The van der Waals surface area contributed by atoms with Crippen LogP contribution in [0.1, 0.15) is 89.1 Å². The Labute approximate surface area is 225 Å². The lowest BCUT2D eigenvalue weighted by atomic mass is 9.60. The zero-order chi connectivity index (χ0) is 26.5. The van der Waals surface area contributed by atoms with E-state index in [9.17, 15) is 0 Å². The first-order chi connectivity index (χ1) is 17.3. The molecule has 0 spiro atoms. The Morgan fingerprint density at radius 1 is 0.811 bits per heavy atom. The summed E-state index contributed by atoms with van der Waals surface area (Å²) in [7, 11) is 0. The van der Waals surface area contributed by atoms with E-state index in [4.69, 9.17) is 9.97 Å². The molecule has 37 heavy (non-hydrogen) atoms.